The average molecular weight is 472 g/mol. The summed E-state index contributed by atoms with van der Waals surface area (Å²) in [6.07, 6.45) is 1.97. The van der Waals surface area contributed by atoms with E-state index in [-0.39, 0.29) is 21.2 Å². The summed E-state index contributed by atoms with van der Waals surface area (Å²) in [5.41, 5.74) is 0.953. The normalized spacial score (nSPS) is 18.0. The van der Waals surface area contributed by atoms with Gasteiger partial charge in [-0.25, -0.2) is 30.4 Å². The van der Waals surface area contributed by atoms with Crippen molar-refractivity contribution in [3.8, 4) is 0 Å². The molecule has 0 saturated carbocycles. The van der Waals surface area contributed by atoms with E-state index in [9.17, 15) is 25.3 Å². The van der Waals surface area contributed by atoms with Gasteiger partial charge in [0.05, 0.1) is 20.4 Å². The highest BCUT2D eigenvalue weighted by molar-refractivity contribution is 7.93. The molecule has 2 aliphatic heterocycles. The number of benzene rings is 2. The van der Waals surface area contributed by atoms with Gasteiger partial charge in [0.2, 0.25) is 20.0 Å². The molecule has 0 amide bonds. The summed E-state index contributed by atoms with van der Waals surface area (Å²) in [5.74, 6) is 0. The Hall–Kier alpha value is -1.99. The quantitative estimate of drug-likeness (QED) is 0.687. The van der Waals surface area contributed by atoms with Crippen molar-refractivity contribution >= 4 is 35.8 Å². The number of hydrogen-bond acceptors (Lipinski definition) is 6. The van der Waals surface area contributed by atoms with E-state index in [1.165, 1.54) is 51.1 Å². The van der Waals surface area contributed by atoms with Crippen LogP contribution in [-0.4, -0.2) is 49.2 Å². The van der Waals surface area contributed by atoms with Gasteiger partial charge in [0, 0.05) is 19.6 Å². The van der Waals surface area contributed by atoms with Crippen LogP contribution in [0.4, 0.5) is 5.69 Å². The number of nitrogens with zero attached hydrogens (tertiary/aromatic N) is 2. The zero-order chi connectivity index (χ0) is 21.7. The molecule has 0 spiro atoms. The third-order valence-corrected chi connectivity index (χ3v) is 10.00. The number of sulfonamides is 3. The molecule has 0 radical (unpaired) electrons. The number of fused-ring (bicyclic) bond motifs is 1. The largest absolute Gasteiger partial charge is 0.266 e. The Labute approximate surface area is 176 Å². The SMILES string of the molecule is NS(=O)(=O)c1ccc2c(c1)CCN2S(=O)(=O)c1ccc(S(=O)(=O)N2CCCC2)cc1. The van der Waals surface area contributed by atoms with E-state index in [0.717, 1.165) is 12.8 Å². The predicted molar refractivity (Wildman–Crippen MR) is 110 cm³/mol. The smallest absolute Gasteiger partial charge is 0.264 e. The molecule has 2 heterocycles. The molecule has 2 aromatic carbocycles. The number of rotatable bonds is 5. The first-order valence-electron chi connectivity index (χ1n) is 9.30. The van der Waals surface area contributed by atoms with Crippen LogP contribution in [0, 0.1) is 0 Å². The second kappa shape index (κ2) is 7.31. The molecule has 0 aromatic heterocycles. The Morgan fingerprint density at radius 1 is 0.700 bits per heavy atom. The topological polar surface area (TPSA) is 135 Å². The van der Waals surface area contributed by atoms with E-state index < -0.39 is 30.1 Å². The van der Waals surface area contributed by atoms with Gasteiger partial charge >= 0.3 is 0 Å². The van der Waals surface area contributed by atoms with Gasteiger partial charge in [0.1, 0.15) is 0 Å². The molecule has 0 unspecified atom stereocenters. The van der Waals surface area contributed by atoms with Crippen LogP contribution in [0.2, 0.25) is 0 Å². The molecule has 0 aliphatic carbocycles. The molecule has 30 heavy (non-hydrogen) atoms. The summed E-state index contributed by atoms with van der Waals surface area (Å²) in [7, 11) is -11.5. The van der Waals surface area contributed by atoms with Crippen molar-refractivity contribution in [1.29, 1.82) is 0 Å². The van der Waals surface area contributed by atoms with Crippen molar-refractivity contribution in [3.63, 3.8) is 0 Å². The summed E-state index contributed by atoms with van der Waals surface area (Å²) < 4.78 is 77.2. The minimum Gasteiger partial charge on any atom is -0.266 e. The Bertz CT molecular complexity index is 1300. The first-order valence-corrected chi connectivity index (χ1v) is 13.7. The van der Waals surface area contributed by atoms with Gasteiger partial charge in [-0.05, 0) is 67.3 Å². The Balaban J connectivity index is 1.64. The van der Waals surface area contributed by atoms with Crippen LogP contribution in [0.25, 0.3) is 0 Å². The van der Waals surface area contributed by atoms with Crippen LogP contribution in [0.1, 0.15) is 18.4 Å². The number of nitrogens with two attached hydrogens (primary N) is 1. The molecule has 2 aliphatic rings. The molecule has 12 heteroatoms. The van der Waals surface area contributed by atoms with Crippen LogP contribution in [0.3, 0.4) is 0 Å². The fourth-order valence-corrected chi connectivity index (χ4v) is 7.35. The number of anilines is 1. The number of hydrogen-bond donors (Lipinski definition) is 1. The van der Waals surface area contributed by atoms with Crippen molar-refractivity contribution in [1.82, 2.24) is 4.31 Å². The maximum absolute atomic E-state index is 13.1. The first-order chi connectivity index (χ1) is 14.0. The van der Waals surface area contributed by atoms with E-state index in [1.54, 1.807) is 0 Å². The third-order valence-electron chi connectivity index (χ3n) is 5.35. The zero-order valence-corrected chi connectivity index (χ0v) is 18.4. The van der Waals surface area contributed by atoms with E-state index in [1.807, 2.05) is 0 Å². The molecule has 1 saturated heterocycles. The lowest BCUT2D eigenvalue weighted by atomic mass is 10.2. The highest BCUT2D eigenvalue weighted by Gasteiger charge is 2.32. The molecule has 162 valence electrons. The van der Waals surface area contributed by atoms with Crippen LogP contribution in [-0.2, 0) is 36.5 Å². The Kier molecular flexibility index (Phi) is 5.18. The van der Waals surface area contributed by atoms with Crippen molar-refractivity contribution in [2.45, 2.75) is 33.9 Å². The molecule has 0 bridgehead atoms. The van der Waals surface area contributed by atoms with Gasteiger partial charge in [0.25, 0.3) is 10.0 Å². The van der Waals surface area contributed by atoms with Crippen LogP contribution >= 0.6 is 0 Å². The molecular weight excluding hydrogens is 450 g/mol. The minimum atomic E-state index is -3.94. The standard InChI is InChI=1S/C18H21N3O6S3/c19-28(22,23)17-7-8-18-14(13-17)9-12-21(18)30(26,27)16-5-3-15(4-6-16)29(24,25)20-10-1-2-11-20/h3-8,13H,1-2,9-12H2,(H2,19,22,23). The maximum Gasteiger partial charge on any atom is 0.264 e. The monoisotopic (exact) mass is 471 g/mol. The molecule has 2 aromatic rings. The summed E-state index contributed by atoms with van der Waals surface area (Å²) in [4.78, 5) is -0.0498. The predicted octanol–water partition coefficient (Wildman–Crippen LogP) is 0.870. The lowest BCUT2D eigenvalue weighted by Crippen LogP contribution is -2.29. The lowest BCUT2D eigenvalue weighted by molar-refractivity contribution is 0.477. The van der Waals surface area contributed by atoms with Crippen molar-refractivity contribution < 1.29 is 25.3 Å². The molecule has 4 rings (SSSR count). The van der Waals surface area contributed by atoms with Crippen molar-refractivity contribution in [2.24, 2.45) is 5.14 Å². The Morgan fingerprint density at radius 3 is 1.80 bits per heavy atom. The van der Waals surface area contributed by atoms with E-state index in [0.29, 0.717) is 30.8 Å². The molecule has 9 nitrogen and oxygen atoms in total. The fraction of sp³-hybridized carbons (Fsp3) is 0.333. The van der Waals surface area contributed by atoms with Gasteiger partial charge in [-0.1, -0.05) is 0 Å². The van der Waals surface area contributed by atoms with E-state index in [2.05, 4.69) is 0 Å². The third kappa shape index (κ3) is 3.62. The van der Waals surface area contributed by atoms with Crippen molar-refractivity contribution in [2.75, 3.05) is 23.9 Å². The molecule has 2 N–H and O–H groups in total. The van der Waals surface area contributed by atoms with Crippen LogP contribution in [0.5, 0.6) is 0 Å². The highest BCUT2D eigenvalue weighted by Crippen LogP contribution is 2.34. The second-order valence-electron chi connectivity index (χ2n) is 7.25. The second-order valence-corrected chi connectivity index (χ2v) is 12.6. The van der Waals surface area contributed by atoms with Gasteiger partial charge in [-0.3, -0.25) is 4.31 Å². The average Bonchev–Trinajstić information content (AvgIpc) is 3.37. The minimum absolute atomic E-state index is 0.0359. The molecule has 1 fully saturated rings. The molecule has 0 atom stereocenters. The highest BCUT2D eigenvalue weighted by atomic mass is 32.2. The first kappa shape index (κ1) is 21.2. The Morgan fingerprint density at radius 2 is 1.23 bits per heavy atom. The van der Waals surface area contributed by atoms with Gasteiger partial charge in [-0.15, -0.1) is 0 Å². The summed E-state index contributed by atoms with van der Waals surface area (Å²) in [6.45, 7) is 1.08. The van der Waals surface area contributed by atoms with Crippen molar-refractivity contribution in [3.05, 3.63) is 48.0 Å². The van der Waals surface area contributed by atoms with Gasteiger partial charge in [-0.2, -0.15) is 4.31 Å². The zero-order valence-electron chi connectivity index (χ0n) is 15.9. The summed E-state index contributed by atoms with van der Waals surface area (Å²) >= 11 is 0. The van der Waals surface area contributed by atoms with E-state index >= 15 is 0 Å². The fourth-order valence-electron chi connectivity index (χ4n) is 3.76. The van der Waals surface area contributed by atoms with Gasteiger partial charge < -0.3 is 0 Å². The summed E-state index contributed by atoms with van der Waals surface area (Å²) in [6, 6.07) is 9.26. The lowest BCUT2D eigenvalue weighted by Gasteiger charge is -2.20. The van der Waals surface area contributed by atoms with Crippen LogP contribution in [0.15, 0.2) is 57.2 Å². The van der Waals surface area contributed by atoms with Crippen LogP contribution < -0.4 is 9.44 Å². The number of primary sulfonamides is 1. The summed E-state index contributed by atoms with van der Waals surface area (Å²) in [5, 5.41) is 5.14. The van der Waals surface area contributed by atoms with Gasteiger partial charge in [0.15, 0.2) is 0 Å². The molecular formula is C18H21N3O6S3. The maximum atomic E-state index is 13.1. The van der Waals surface area contributed by atoms with E-state index in [4.69, 9.17) is 5.14 Å².